The fraction of sp³-hybridized carbons (Fsp3) is 0.333. The number of esters is 1. The van der Waals surface area contributed by atoms with E-state index in [0.29, 0.717) is 0 Å². The van der Waals surface area contributed by atoms with E-state index in [4.69, 9.17) is 4.74 Å². The topological polar surface area (TPSA) is 51.7 Å². The van der Waals surface area contributed by atoms with Crippen LogP contribution < -0.4 is 4.90 Å². The Morgan fingerprint density at radius 1 is 1.32 bits per heavy atom. The molecule has 0 aliphatic heterocycles. The molecule has 0 fully saturated rings. The Hall–Kier alpha value is -1.44. The molecule has 2 rings (SSSR count). The quantitative estimate of drug-likeness (QED) is 0.714. The molecule has 0 aliphatic carbocycles. The summed E-state index contributed by atoms with van der Waals surface area (Å²) in [6.45, 7) is 0.190. The van der Waals surface area contributed by atoms with E-state index in [9.17, 15) is 4.79 Å². The molecule has 0 radical (unpaired) electrons. The van der Waals surface area contributed by atoms with Crippen molar-refractivity contribution in [2.24, 2.45) is 0 Å². The molecule has 0 spiro atoms. The van der Waals surface area contributed by atoms with Crippen molar-refractivity contribution in [3.8, 4) is 10.6 Å². The second kappa shape index (κ2) is 7.71. The van der Waals surface area contributed by atoms with Gasteiger partial charge in [-0.2, -0.15) is 0 Å². The highest BCUT2D eigenvalue weighted by Crippen LogP contribution is 2.33. The lowest BCUT2D eigenvalue weighted by atomic mass is 10.2. The molecule has 118 valence electrons. The molecule has 0 aliphatic rings. The number of methoxy groups -OCH3 is 1. The van der Waals surface area contributed by atoms with Crippen molar-refractivity contribution in [1.82, 2.24) is 4.98 Å². The van der Waals surface area contributed by atoms with Gasteiger partial charge in [-0.1, -0.05) is 0 Å². The van der Waals surface area contributed by atoms with E-state index >= 15 is 0 Å². The molecule has 0 bridgehead atoms. The molecule has 0 amide bonds. The molecule has 22 heavy (non-hydrogen) atoms. The maximum atomic E-state index is 11.0. The van der Waals surface area contributed by atoms with Gasteiger partial charge in [0.05, 0.1) is 23.2 Å². The molecular formula is C15H17BrN2O3S. The zero-order valence-corrected chi connectivity index (χ0v) is 15.0. The highest BCUT2D eigenvalue weighted by molar-refractivity contribution is 9.11. The average molecular weight is 385 g/mol. The number of halogens is 1. The van der Waals surface area contributed by atoms with Crippen LogP contribution in [0.2, 0.25) is 0 Å². The second-order valence-electron chi connectivity index (χ2n) is 4.75. The van der Waals surface area contributed by atoms with Crippen molar-refractivity contribution in [2.45, 2.75) is 6.61 Å². The number of anilines is 1. The number of nitrogens with zero attached hydrogens (tertiary/aromatic N) is 2. The van der Waals surface area contributed by atoms with Crippen LogP contribution in [0, 0.1) is 0 Å². The molecule has 7 heteroatoms. The highest BCUT2D eigenvalue weighted by atomic mass is 79.9. The summed E-state index contributed by atoms with van der Waals surface area (Å²) in [4.78, 5) is 17.6. The molecule has 0 atom stereocenters. The number of hydrogen-bond donors (Lipinski definition) is 0. The molecular weight excluding hydrogens is 368 g/mol. The average Bonchev–Trinajstić information content (AvgIpc) is 2.88. The smallest absolute Gasteiger partial charge is 0.331 e. The lowest BCUT2D eigenvalue weighted by Crippen LogP contribution is -2.10. The van der Waals surface area contributed by atoms with E-state index in [1.165, 1.54) is 7.11 Å². The summed E-state index contributed by atoms with van der Waals surface area (Å²) < 4.78 is 10.7. The summed E-state index contributed by atoms with van der Waals surface area (Å²) in [6.07, 6.45) is 0. The number of hydrogen-bond acceptors (Lipinski definition) is 6. The first-order valence-electron chi connectivity index (χ1n) is 6.58. The molecule has 1 aromatic carbocycles. The van der Waals surface area contributed by atoms with Gasteiger partial charge in [-0.15, -0.1) is 11.3 Å². The predicted molar refractivity (Wildman–Crippen MR) is 91.2 cm³/mol. The maximum absolute atomic E-state index is 11.0. The predicted octanol–water partition coefficient (Wildman–Crippen LogP) is 3.33. The summed E-state index contributed by atoms with van der Waals surface area (Å²) in [5.41, 5.74) is 2.97. The van der Waals surface area contributed by atoms with Gasteiger partial charge in [0.1, 0.15) is 11.6 Å². The van der Waals surface area contributed by atoms with Crippen molar-refractivity contribution >= 4 is 38.9 Å². The fourth-order valence-corrected chi connectivity index (χ4v) is 3.20. The van der Waals surface area contributed by atoms with E-state index in [0.717, 1.165) is 25.7 Å². The van der Waals surface area contributed by atoms with E-state index in [1.54, 1.807) is 11.3 Å². The van der Waals surface area contributed by atoms with E-state index in [-0.39, 0.29) is 13.2 Å². The van der Waals surface area contributed by atoms with E-state index in [1.807, 2.05) is 31.1 Å². The Bertz CT molecular complexity index is 641. The van der Waals surface area contributed by atoms with Crippen LogP contribution in [-0.4, -0.2) is 38.8 Å². The Balaban J connectivity index is 2.07. The first-order chi connectivity index (χ1) is 10.5. The van der Waals surface area contributed by atoms with E-state index in [2.05, 4.69) is 37.8 Å². The summed E-state index contributed by atoms with van der Waals surface area (Å²) in [7, 11) is 5.34. The molecule has 5 nitrogen and oxygen atoms in total. The number of carbonyl (C=O) groups excluding carboxylic acids is 1. The third kappa shape index (κ3) is 4.28. The minimum absolute atomic E-state index is 0.0761. The molecule has 1 heterocycles. The minimum atomic E-state index is -0.397. The van der Waals surface area contributed by atoms with Gasteiger partial charge in [-0.05, 0) is 40.2 Å². The number of aromatic nitrogens is 1. The van der Waals surface area contributed by atoms with Gasteiger partial charge >= 0.3 is 5.97 Å². The standard InChI is InChI=1S/C15H17BrN2O3S/c1-18(2)11-6-4-10(5-7-11)15-17-12(14(16)22-15)8-21-9-13(19)20-3/h4-7H,8-9H2,1-3H3. The van der Waals surface area contributed by atoms with Crippen LogP contribution in [-0.2, 0) is 20.9 Å². The minimum Gasteiger partial charge on any atom is -0.467 e. The zero-order valence-electron chi connectivity index (χ0n) is 12.6. The molecule has 0 saturated carbocycles. The Labute approximate surface area is 142 Å². The highest BCUT2D eigenvalue weighted by Gasteiger charge is 2.12. The third-order valence-electron chi connectivity index (χ3n) is 2.97. The zero-order chi connectivity index (χ0) is 16.1. The van der Waals surface area contributed by atoms with Gasteiger partial charge < -0.3 is 14.4 Å². The van der Waals surface area contributed by atoms with Gasteiger partial charge in [0, 0.05) is 25.3 Å². The van der Waals surface area contributed by atoms with Crippen LogP contribution in [0.25, 0.3) is 10.6 Å². The molecule has 0 N–H and O–H groups in total. The molecule has 2 aromatic rings. The fourth-order valence-electron chi connectivity index (χ4n) is 1.74. The first-order valence-corrected chi connectivity index (χ1v) is 8.19. The van der Waals surface area contributed by atoms with Gasteiger partial charge in [-0.25, -0.2) is 9.78 Å². The van der Waals surface area contributed by atoms with Crippen LogP contribution in [0.1, 0.15) is 5.69 Å². The van der Waals surface area contributed by atoms with Gasteiger partial charge in [-0.3, -0.25) is 0 Å². The van der Waals surface area contributed by atoms with Crippen LogP contribution in [0.15, 0.2) is 28.1 Å². The third-order valence-corrected chi connectivity index (χ3v) is 4.85. The lowest BCUT2D eigenvalue weighted by Gasteiger charge is -2.11. The van der Waals surface area contributed by atoms with E-state index < -0.39 is 5.97 Å². The molecule has 0 unspecified atom stereocenters. The molecule has 1 aromatic heterocycles. The second-order valence-corrected chi connectivity index (χ2v) is 7.07. The van der Waals surface area contributed by atoms with Crippen LogP contribution >= 0.6 is 27.3 Å². The number of thiazole rings is 1. The van der Waals surface area contributed by atoms with Crippen molar-refractivity contribution in [3.63, 3.8) is 0 Å². The number of ether oxygens (including phenoxy) is 2. The normalized spacial score (nSPS) is 10.5. The Morgan fingerprint density at radius 3 is 2.59 bits per heavy atom. The van der Waals surface area contributed by atoms with Crippen molar-refractivity contribution in [1.29, 1.82) is 0 Å². The number of benzene rings is 1. The summed E-state index contributed by atoms with van der Waals surface area (Å²) >= 11 is 5.03. The summed E-state index contributed by atoms with van der Waals surface area (Å²) in [5.74, 6) is -0.397. The summed E-state index contributed by atoms with van der Waals surface area (Å²) in [6, 6.07) is 8.19. The summed E-state index contributed by atoms with van der Waals surface area (Å²) in [5, 5.41) is 0.911. The number of carbonyl (C=O) groups is 1. The van der Waals surface area contributed by atoms with Gasteiger partial charge in [0.15, 0.2) is 0 Å². The SMILES string of the molecule is COC(=O)COCc1nc(-c2ccc(N(C)C)cc2)sc1Br. The monoisotopic (exact) mass is 384 g/mol. The largest absolute Gasteiger partial charge is 0.467 e. The van der Waals surface area contributed by atoms with Crippen molar-refractivity contribution in [2.75, 3.05) is 32.7 Å². The maximum Gasteiger partial charge on any atom is 0.331 e. The number of rotatable bonds is 6. The van der Waals surface area contributed by atoms with Crippen molar-refractivity contribution < 1.29 is 14.3 Å². The Morgan fingerprint density at radius 2 is 2.00 bits per heavy atom. The van der Waals surface area contributed by atoms with Crippen LogP contribution in [0.4, 0.5) is 5.69 Å². The first kappa shape index (κ1) is 16.9. The van der Waals surface area contributed by atoms with Gasteiger partial charge in [0.25, 0.3) is 0 Å². The van der Waals surface area contributed by atoms with Crippen molar-refractivity contribution in [3.05, 3.63) is 33.7 Å². The lowest BCUT2D eigenvalue weighted by molar-refractivity contribution is -0.146. The van der Waals surface area contributed by atoms with Gasteiger partial charge in [0.2, 0.25) is 0 Å². The molecule has 0 saturated heterocycles. The van der Waals surface area contributed by atoms with Crippen LogP contribution in [0.3, 0.4) is 0 Å². The van der Waals surface area contributed by atoms with Crippen LogP contribution in [0.5, 0.6) is 0 Å². The Kier molecular flexibility index (Phi) is 5.93.